The van der Waals surface area contributed by atoms with Crippen LogP contribution >= 0.6 is 0 Å². The van der Waals surface area contributed by atoms with Crippen LogP contribution in [-0.4, -0.2) is 40.6 Å². The molecule has 0 bridgehead atoms. The van der Waals surface area contributed by atoms with Gasteiger partial charge >= 0.3 is 0 Å². The molecule has 0 aromatic carbocycles. The number of carbonyl (C=O) groups is 1. The SMILES string of the molecule is CC(C)COCCCN(C=O)Cc1cncn1C(C)C. The van der Waals surface area contributed by atoms with Gasteiger partial charge in [-0.3, -0.25) is 4.79 Å². The molecule has 0 saturated heterocycles. The first kappa shape index (κ1) is 16.7. The summed E-state index contributed by atoms with van der Waals surface area (Å²) in [5, 5.41) is 0. The van der Waals surface area contributed by atoms with Gasteiger partial charge in [0.2, 0.25) is 6.41 Å². The quantitative estimate of drug-likeness (QED) is 0.489. The van der Waals surface area contributed by atoms with Crippen LogP contribution in [0.1, 0.15) is 45.9 Å². The molecule has 0 atom stereocenters. The number of ether oxygens (including phenoxy) is 1. The predicted molar refractivity (Wildman–Crippen MR) is 79.4 cm³/mol. The molecule has 5 nitrogen and oxygen atoms in total. The smallest absolute Gasteiger partial charge is 0.210 e. The zero-order valence-corrected chi connectivity index (χ0v) is 13.1. The number of imidazole rings is 1. The molecule has 1 aromatic rings. The Kier molecular flexibility index (Phi) is 7.30. The van der Waals surface area contributed by atoms with Crippen molar-refractivity contribution in [3.8, 4) is 0 Å². The van der Waals surface area contributed by atoms with Gasteiger partial charge in [0.1, 0.15) is 0 Å². The highest BCUT2D eigenvalue weighted by atomic mass is 16.5. The first-order valence-electron chi connectivity index (χ1n) is 7.32. The number of aromatic nitrogens is 2. The van der Waals surface area contributed by atoms with Crippen molar-refractivity contribution in [1.82, 2.24) is 14.5 Å². The molecule has 0 saturated carbocycles. The van der Waals surface area contributed by atoms with Gasteiger partial charge in [-0.1, -0.05) is 13.8 Å². The van der Waals surface area contributed by atoms with Crippen LogP contribution in [0.15, 0.2) is 12.5 Å². The summed E-state index contributed by atoms with van der Waals surface area (Å²) < 4.78 is 7.62. The van der Waals surface area contributed by atoms with Crippen LogP contribution in [0.2, 0.25) is 0 Å². The van der Waals surface area contributed by atoms with Crippen molar-refractivity contribution in [2.45, 2.75) is 46.7 Å². The molecule has 1 aromatic heterocycles. The average molecular weight is 281 g/mol. The van der Waals surface area contributed by atoms with Crippen LogP contribution in [0, 0.1) is 5.92 Å². The molecule has 0 aliphatic rings. The summed E-state index contributed by atoms with van der Waals surface area (Å²) in [7, 11) is 0. The molecular formula is C15H27N3O2. The highest BCUT2D eigenvalue weighted by Crippen LogP contribution is 2.10. The van der Waals surface area contributed by atoms with Gasteiger partial charge < -0.3 is 14.2 Å². The number of nitrogens with zero attached hydrogens (tertiary/aromatic N) is 3. The maximum absolute atomic E-state index is 11.1. The van der Waals surface area contributed by atoms with E-state index in [9.17, 15) is 4.79 Å². The molecule has 0 radical (unpaired) electrons. The Balaban J connectivity index is 2.35. The van der Waals surface area contributed by atoms with Crippen LogP contribution in [-0.2, 0) is 16.1 Å². The van der Waals surface area contributed by atoms with E-state index >= 15 is 0 Å². The van der Waals surface area contributed by atoms with E-state index in [2.05, 4.69) is 37.2 Å². The van der Waals surface area contributed by atoms with Gasteiger partial charge in [-0.15, -0.1) is 0 Å². The van der Waals surface area contributed by atoms with Gasteiger partial charge in [0.15, 0.2) is 0 Å². The van der Waals surface area contributed by atoms with E-state index in [4.69, 9.17) is 4.74 Å². The lowest BCUT2D eigenvalue weighted by Gasteiger charge is -2.19. The molecule has 0 spiro atoms. The van der Waals surface area contributed by atoms with Gasteiger partial charge in [0.25, 0.3) is 0 Å². The fourth-order valence-electron chi connectivity index (χ4n) is 1.99. The van der Waals surface area contributed by atoms with Crippen LogP contribution in [0.25, 0.3) is 0 Å². The summed E-state index contributed by atoms with van der Waals surface area (Å²) >= 11 is 0. The van der Waals surface area contributed by atoms with Crippen LogP contribution < -0.4 is 0 Å². The van der Waals surface area contributed by atoms with Crippen LogP contribution in [0.3, 0.4) is 0 Å². The molecule has 114 valence electrons. The topological polar surface area (TPSA) is 47.4 Å². The number of carbonyl (C=O) groups excluding carboxylic acids is 1. The lowest BCUT2D eigenvalue weighted by Crippen LogP contribution is -2.25. The molecule has 1 amide bonds. The molecule has 0 fully saturated rings. The molecule has 0 unspecified atom stereocenters. The maximum Gasteiger partial charge on any atom is 0.210 e. The Labute approximate surface area is 121 Å². The second-order valence-corrected chi connectivity index (χ2v) is 5.78. The van der Waals surface area contributed by atoms with E-state index in [1.807, 2.05) is 12.5 Å². The largest absolute Gasteiger partial charge is 0.381 e. The molecule has 20 heavy (non-hydrogen) atoms. The number of amides is 1. The summed E-state index contributed by atoms with van der Waals surface area (Å²) in [6, 6.07) is 0.357. The predicted octanol–water partition coefficient (Wildman–Crippen LogP) is 2.49. The number of hydrogen-bond donors (Lipinski definition) is 0. The average Bonchev–Trinajstić information content (AvgIpc) is 2.84. The highest BCUT2D eigenvalue weighted by molar-refractivity contribution is 5.47. The van der Waals surface area contributed by atoms with Gasteiger partial charge in [-0.25, -0.2) is 4.98 Å². The van der Waals surface area contributed by atoms with E-state index in [1.165, 1.54) is 0 Å². The summed E-state index contributed by atoms with van der Waals surface area (Å²) in [5.41, 5.74) is 1.06. The van der Waals surface area contributed by atoms with Gasteiger partial charge in [0.05, 0.1) is 18.6 Å². The zero-order chi connectivity index (χ0) is 15.0. The number of rotatable bonds is 10. The Bertz CT molecular complexity index is 388. The normalized spacial score (nSPS) is 11.3. The first-order chi connectivity index (χ1) is 9.54. The third kappa shape index (κ3) is 5.74. The second-order valence-electron chi connectivity index (χ2n) is 5.78. The van der Waals surface area contributed by atoms with E-state index < -0.39 is 0 Å². The molecule has 1 rings (SSSR count). The van der Waals surface area contributed by atoms with Crippen molar-refractivity contribution < 1.29 is 9.53 Å². The van der Waals surface area contributed by atoms with Crippen molar-refractivity contribution in [1.29, 1.82) is 0 Å². The lowest BCUT2D eigenvalue weighted by atomic mass is 10.2. The maximum atomic E-state index is 11.1. The third-order valence-corrected chi connectivity index (χ3v) is 3.00. The lowest BCUT2D eigenvalue weighted by molar-refractivity contribution is -0.119. The van der Waals surface area contributed by atoms with Gasteiger partial charge in [-0.05, 0) is 26.2 Å². The Morgan fingerprint density at radius 2 is 2.15 bits per heavy atom. The van der Waals surface area contributed by atoms with Crippen LogP contribution in [0.5, 0.6) is 0 Å². The number of hydrogen-bond acceptors (Lipinski definition) is 3. The summed E-state index contributed by atoms with van der Waals surface area (Å²) in [6.45, 7) is 11.3. The Morgan fingerprint density at radius 1 is 1.40 bits per heavy atom. The fraction of sp³-hybridized carbons (Fsp3) is 0.733. The van der Waals surface area contributed by atoms with Crippen molar-refractivity contribution in [2.24, 2.45) is 5.92 Å². The molecule has 0 N–H and O–H groups in total. The zero-order valence-electron chi connectivity index (χ0n) is 13.1. The second kappa shape index (κ2) is 8.74. The van der Waals surface area contributed by atoms with E-state index in [-0.39, 0.29) is 0 Å². The van der Waals surface area contributed by atoms with Crippen LogP contribution in [0.4, 0.5) is 0 Å². The highest BCUT2D eigenvalue weighted by Gasteiger charge is 2.09. The van der Waals surface area contributed by atoms with Crippen molar-refractivity contribution in [3.05, 3.63) is 18.2 Å². The summed E-state index contributed by atoms with van der Waals surface area (Å²) in [4.78, 5) is 17.1. The van der Waals surface area contributed by atoms with Crippen molar-refractivity contribution in [2.75, 3.05) is 19.8 Å². The molecule has 0 aliphatic heterocycles. The third-order valence-electron chi connectivity index (χ3n) is 3.00. The summed E-state index contributed by atoms with van der Waals surface area (Å²) in [5.74, 6) is 0.553. The fourth-order valence-corrected chi connectivity index (χ4v) is 1.99. The Morgan fingerprint density at radius 3 is 2.75 bits per heavy atom. The summed E-state index contributed by atoms with van der Waals surface area (Å²) in [6.07, 6.45) is 5.40. The molecule has 1 heterocycles. The van der Waals surface area contributed by atoms with Gasteiger partial charge in [-0.2, -0.15) is 0 Å². The first-order valence-corrected chi connectivity index (χ1v) is 7.32. The van der Waals surface area contributed by atoms with E-state index in [1.54, 1.807) is 4.90 Å². The monoisotopic (exact) mass is 281 g/mol. The minimum Gasteiger partial charge on any atom is -0.381 e. The molecule has 5 heteroatoms. The molecule has 0 aliphatic carbocycles. The van der Waals surface area contributed by atoms with Crippen molar-refractivity contribution >= 4 is 6.41 Å². The van der Waals surface area contributed by atoms with Crippen molar-refractivity contribution in [3.63, 3.8) is 0 Å². The standard InChI is InChI=1S/C15H27N3O2/c1-13(2)10-20-7-5-6-17(12-19)9-15-8-16-11-18(15)14(3)4/h8,11-14H,5-7,9-10H2,1-4H3. The Hall–Kier alpha value is -1.36. The van der Waals surface area contributed by atoms with Gasteiger partial charge in [0, 0.05) is 32.0 Å². The van der Waals surface area contributed by atoms with E-state index in [0.29, 0.717) is 31.7 Å². The minimum atomic E-state index is 0.357. The van der Waals surface area contributed by atoms with E-state index in [0.717, 1.165) is 25.1 Å². The minimum absolute atomic E-state index is 0.357. The molecular weight excluding hydrogens is 254 g/mol.